The van der Waals surface area contributed by atoms with Gasteiger partial charge in [-0.1, -0.05) is 0 Å². The van der Waals surface area contributed by atoms with Crippen LogP contribution in [0.4, 0.5) is 0 Å². The first-order chi connectivity index (χ1) is 8.58. The van der Waals surface area contributed by atoms with Crippen LogP contribution in [-0.4, -0.2) is 34.6 Å². The lowest BCUT2D eigenvalue weighted by atomic mass is 10.1. The van der Waals surface area contributed by atoms with Gasteiger partial charge in [0.1, 0.15) is 17.5 Å². The molecule has 2 rings (SSSR count). The van der Waals surface area contributed by atoms with E-state index in [1.54, 1.807) is 6.07 Å². The third-order valence-corrected chi connectivity index (χ3v) is 2.75. The van der Waals surface area contributed by atoms with Gasteiger partial charge in [0.15, 0.2) is 0 Å². The van der Waals surface area contributed by atoms with Gasteiger partial charge in [0.25, 0.3) is 5.91 Å². The Labute approximate surface area is 104 Å². The number of nitrogens with zero attached hydrogens (tertiary/aromatic N) is 1. The van der Waals surface area contributed by atoms with Crippen molar-refractivity contribution < 1.29 is 19.4 Å². The summed E-state index contributed by atoms with van der Waals surface area (Å²) in [6, 6.07) is 0.713. The molecule has 0 saturated heterocycles. The van der Waals surface area contributed by atoms with Crippen LogP contribution in [0.2, 0.25) is 0 Å². The first kappa shape index (κ1) is 12.3. The summed E-state index contributed by atoms with van der Waals surface area (Å²) in [7, 11) is 0. The zero-order valence-electron chi connectivity index (χ0n) is 9.97. The van der Waals surface area contributed by atoms with Gasteiger partial charge in [-0.25, -0.2) is 4.98 Å². The summed E-state index contributed by atoms with van der Waals surface area (Å²) in [6.45, 7) is 2.07. The number of nitrogens with one attached hydrogen (secondary N) is 1. The highest BCUT2D eigenvalue weighted by Gasteiger charge is 2.18. The number of carbonyl (C=O) groups is 2. The van der Waals surface area contributed by atoms with Crippen LogP contribution in [0.5, 0.6) is 5.75 Å². The van der Waals surface area contributed by atoms with Gasteiger partial charge in [-0.2, -0.15) is 0 Å². The standard InChI is InChI=1S/C12H14N2O4/c1-7(12(16)17)14-11(15)9-5-8-3-2-4-18-10(8)6-13-9/h5-7H,2-4H2,1H3,(H,14,15)(H,16,17)/t7-/m1/s1. The lowest BCUT2D eigenvalue weighted by Gasteiger charge is -2.17. The highest BCUT2D eigenvalue weighted by Crippen LogP contribution is 2.23. The monoisotopic (exact) mass is 250 g/mol. The molecule has 0 aliphatic carbocycles. The fourth-order valence-corrected chi connectivity index (χ4v) is 1.71. The first-order valence-electron chi connectivity index (χ1n) is 5.73. The summed E-state index contributed by atoms with van der Waals surface area (Å²) in [5.41, 5.74) is 1.15. The molecule has 1 aliphatic rings. The number of aromatic nitrogens is 1. The van der Waals surface area contributed by atoms with Gasteiger partial charge in [-0.05, 0) is 31.4 Å². The van der Waals surface area contributed by atoms with E-state index in [9.17, 15) is 9.59 Å². The minimum absolute atomic E-state index is 0.215. The fourth-order valence-electron chi connectivity index (χ4n) is 1.71. The van der Waals surface area contributed by atoms with Crippen molar-refractivity contribution >= 4 is 11.9 Å². The Morgan fingerprint density at radius 2 is 2.33 bits per heavy atom. The number of ether oxygens (including phenoxy) is 1. The van der Waals surface area contributed by atoms with Crippen LogP contribution in [0.1, 0.15) is 29.4 Å². The molecule has 6 nitrogen and oxygen atoms in total. The van der Waals surface area contributed by atoms with E-state index < -0.39 is 17.9 Å². The molecule has 0 aromatic carbocycles. The summed E-state index contributed by atoms with van der Waals surface area (Å²) < 4.78 is 5.39. The number of carboxylic acids is 1. The van der Waals surface area contributed by atoms with Gasteiger partial charge < -0.3 is 15.2 Å². The Hall–Kier alpha value is -2.11. The number of fused-ring (bicyclic) bond motifs is 1. The number of hydrogen-bond acceptors (Lipinski definition) is 4. The Bertz CT molecular complexity index is 487. The smallest absolute Gasteiger partial charge is 0.325 e. The van der Waals surface area contributed by atoms with Gasteiger partial charge in [-0.15, -0.1) is 0 Å². The fraction of sp³-hybridized carbons (Fsp3) is 0.417. The van der Waals surface area contributed by atoms with Crippen molar-refractivity contribution in [3.05, 3.63) is 23.5 Å². The second-order valence-corrected chi connectivity index (χ2v) is 4.16. The van der Waals surface area contributed by atoms with Crippen molar-refractivity contribution in [1.29, 1.82) is 0 Å². The van der Waals surface area contributed by atoms with Gasteiger partial charge >= 0.3 is 5.97 Å². The molecule has 2 heterocycles. The van der Waals surface area contributed by atoms with E-state index in [4.69, 9.17) is 9.84 Å². The molecule has 0 fully saturated rings. The Balaban J connectivity index is 2.13. The summed E-state index contributed by atoms with van der Waals surface area (Å²) >= 11 is 0. The summed E-state index contributed by atoms with van der Waals surface area (Å²) in [4.78, 5) is 26.4. The Morgan fingerprint density at radius 3 is 3.06 bits per heavy atom. The zero-order chi connectivity index (χ0) is 13.1. The number of hydrogen-bond donors (Lipinski definition) is 2. The largest absolute Gasteiger partial charge is 0.492 e. The molecular weight excluding hydrogens is 236 g/mol. The summed E-state index contributed by atoms with van der Waals surface area (Å²) in [5, 5.41) is 11.1. The lowest BCUT2D eigenvalue weighted by Crippen LogP contribution is -2.38. The number of rotatable bonds is 3. The molecule has 0 bridgehead atoms. The number of carbonyl (C=O) groups excluding carboxylic acids is 1. The predicted molar refractivity (Wildman–Crippen MR) is 62.6 cm³/mol. The molecule has 1 atom stereocenters. The second-order valence-electron chi connectivity index (χ2n) is 4.16. The van der Waals surface area contributed by atoms with E-state index in [1.807, 2.05) is 0 Å². The molecule has 18 heavy (non-hydrogen) atoms. The van der Waals surface area contributed by atoms with Crippen molar-refractivity contribution in [1.82, 2.24) is 10.3 Å². The minimum Gasteiger partial charge on any atom is -0.492 e. The topological polar surface area (TPSA) is 88.5 Å². The zero-order valence-corrected chi connectivity index (χ0v) is 9.97. The molecule has 1 amide bonds. The number of pyridine rings is 1. The van der Waals surface area contributed by atoms with Crippen LogP contribution in [-0.2, 0) is 11.2 Å². The number of carboxylic acid groups (broad SMARTS) is 1. The average molecular weight is 250 g/mol. The third-order valence-electron chi connectivity index (χ3n) is 2.75. The van der Waals surface area contributed by atoms with Gasteiger partial charge in [0, 0.05) is 0 Å². The molecule has 2 N–H and O–H groups in total. The molecule has 0 spiro atoms. The SMILES string of the molecule is C[C@@H](NC(=O)c1cc2c(cn1)OCCC2)C(=O)O. The maximum absolute atomic E-state index is 11.8. The lowest BCUT2D eigenvalue weighted by molar-refractivity contribution is -0.138. The molecule has 0 radical (unpaired) electrons. The molecule has 1 aromatic rings. The van der Waals surface area contributed by atoms with Crippen LogP contribution in [0.25, 0.3) is 0 Å². The van der Waals surface area contributed by atoms with Crippen molar-refractivity contribution in [2.45, 2.75) is 25.8 Å². The molecule has 0 unspecified atom stereocenters. The number of aryl methyl sites for hydroxylation is 1. The highest BCUT2D eigenvalue weighted by molar-refractivity contribution is 5.95. The molecule has 1 aromatic heterocycles. The molecule has 6 heteroatoms. The van der Waals surface area contributed by atoms with E-state index in [1.165, 1.54) is 13.1 Å². The average Bonchev–Trinajstić information content (AvgIpc) is 2.37. The molecule has 1 aliphatic heterocycles. The van der Waals surface area contributed by atoms with Crippen molar-refractivity contribution in [3.63, 3.8) is 0 Å². The van der Waals surface area contributed by atoms with Crippen LogP contribution in [0.15, 0.2) is 12.3 Å². The Morgan fingerprint density at radius 1 is 1.56 bits per heavy atom. The molecule has 96 valence electrons. The van der Waals surface area contributed by atoms with Crippen molar-refractivity contribution in [2.75, 3.05) is 6.61 Å². The van der Waals surface area contributed by atoms with E-state index in [2.05, 4.69) is 10.3 Å². The summed E-state index contributed by atoms with van der Waals surface area (Å²) in [6.07, 6.45) is 3.26. The van der Waals surface area contributed by atoms with Gasteiger partial charge in [0.05, 0.1) is 12.8 Å². The van der Waals surface area contributed by atoms with Crippen LogP contribution >= 0.6 is 0 Å². The molecular formula is C12H14N2O4. The number of aliphatic carboxylic acids is 1. The van der Waals surface area contributed by atoms with Crippen LogP contribution < -0.4 is 10.1 Å². The number of amides is 1. The molecule has 0 saturated carbocycles. The van der Waals surface area contributed by atoms with E-state index in [-0.39, 0.29) is 5.69 Å². The van der Waals surface area contributed by atoms with Crippen molar-refractivity contribution in [2.24, 2.45) is 0 Å². The maximum Gasteiger partial charge on any atom is 0.325 e. The third kappa shape index (κ3) is 2.58. The van der Waals surface area contributed by atoms with E-state index in [0.29, 0.717) is 12.4 Å². The quantitative estimate of drug-likeness (QED) is 0.820. The maximum atomic E-state index is 11.8. The normalized spacial score (nSPS) is 15.2. The van der Waals surface area contributed by atoms with Crippen LogP contribution in [0, 0.1) is 0 Å². The first-order valence-corrected chi connectivity index (χ1v) is 5.73. The highest BCUT2D eigenvalue weighted by atomic mass is 16.5. The second kappa shape index (κ2) is 5.03. The van der Waals surface area contributed by atoms with Crippen molar-refractivity contribution in [3.8, 4) is 5.75 Å². The minimum atomic E-state index is -1.08. The predicted octanol–water partition coefficient (Wildman–Crippen LogP) is 0.610. The summed E-state index contributed by atoms with van der Waals surface area (Å²) in [5.74, 6) is -0.869. The van der Waals surface area contributed by atoms with Gasteiger partial charge in [-0.3, -0.25) is 9.59 Å². The Kier molecular flexibility index (Phi) is 3.45. The van der Waals surface area contributed by atoms with Gasteiger partial charge in [0.2, 0.25) is 0 Å². The van der Waals surface area contributed by atoms with E-state index in [0.717, 1.165) is 18.4 Å². The van der Waals surface area contributed by atoms with Crippen LogP contribution in [0.3, 0.4) is 0 Å². The van der Waals surface area contributed by atoms with E-state index >= 15 is 0 Å².